The second-order valence-electron chi connectivity index (χ2n) is 18.0. The van der Waals surface area contributed by atoms with Crippen LogP contribution >= 0.6 is 0 Å². The molecule has 4 aliphatic heterocycles. The molecule has 3 fully saturated rings. The molecule has 9 rings (SSSR count). The smallest absolute Gasteiger partial charge is 0.246 e. The first-order chi connectivity index (χ1) is 27.0. The van der Waals surface area contributed by atoms with E-state index in [4.69, 9.17) is 23.7 Å². The summed E-state index contributed by atoms with van der Waals surface area (Å²) in [5.74, 6) is 0.493. The minimum atomic E-state index is -1.32. The van der Waals surface area contributed by atoms with E-state index < -0.39 is 33.7 Å². The summed E-state index contributed by atoms with van der Waals surface area (Å²) in [5.41, 5.74) is 0.437. The molecular formula is C47H51NO9. The molecule has 2 spiro atoms. The van der Waals surface area contributed by atoms with E-state index in [0.29, 0.717) is 58.1 Å². The molecule has 2 N–H and O–H groups in total. The standard InChI is InChI=1S/C47H51NO9/c1-25(2)10-9-17-44(8)18-16-30-37(49)36-38(50)32-21-29-22-35-46(32,56-40(36)31(39(30)55-44)13-11-26(3)4)47(35)43(6,7)57-45(47,41(29)51)19-15-27(5)42(52)48-23-28-12-14-33-34(20-28)54-24-53-33/h10-12,14-16,18,20-21,29,35,49H,9,13,17,19,22-24H2,1-8H3,(H,48,52)/b27-15-. The van der Waals surface area contributed by atoms with Crippen LogP contribution in [0.5, 0.6) is 28.7 Å². The SMILES string of the molecule is CC(C)=CCCC1(C)C=Cc2c(O)c3c(c(CC=C(C)C)c2O1)OC12C(=CC4CC1C21C(C)(C)OC1(C/C=C(/C)C(=O)NCc1ccc2c(c1)OCO2)C4=O)C3=O. The van der Waals surface area contributed by atoms with Crippen LogP contribution in [0.15, 0.2) is 70.9 Å². The van der Waals surface area contributed by atoms with Gasteiger partial charge in [0, 0.05) is 41.5 Å². The first-order valence-electron chi connectivity index (χ1n) is 20.1. The van der Waals surface area contributed by atoms with Crippen LogP contribution in [-0.2, 0) is 27.3 Å². The summed E-state index contributed by atoms with van der Waals surface area (Å²) in [6, 6.07) is 5.55. The van der Waals surface area contributed by atoms with Gasteiger partial charge in [0.05, 0.1) is 16.6 Å². The van der Waals surface area contributed by atoms with E-state index in [-0.39, 0.29) is 54.5 Å². The minimum Gasteiger partial charge on any atom is -0.506 e. The van der Waals surface area contributed by atoms with Crippen LogP contribution in [0.1, 0.15) is 108 Å². The van der Waals surface area contributed by atoms with Crippen molar-refractivity contribution in [2.24, 2.45) is 17.3 Å². The number of benzene rings is 2. The maximum absolute atomic E-state index is 15.0. The lowest BCUT2D eigenvalue weighted by Gasteiger charge is -2.63. The van der Waals surface area contributed by atoms with Crippen molar-refractivity contribution in [3.05, 3.63) is 93.1 Å². The molecule has 298 valence electrons. The summed E-state index contributed by atoms with van der Waals surface area (Å²) < 4.78 is 31.8. The molecule has 3 aliphatic carbocycles. The molecule has 0 aromatic heterocycles. The quantitative estimate of drug-likeness (QED) is 0.181. The number of hydrogen-bond acceptors (Lipinski definition) is 9. The Labute approximate surface area is 333 Å². The van der Waals surface area contributed by atoms with Crippen molar-refractivity contribution in [3.8, 4) is 28.7 Å². The number of fused-ring (bicyclic) bond motifs is 4. The lowest BCUT2D eigenvalue weighted by atomic mass is 9.56. The first-order valence-corrected chi connectivity index (χ1v) is 20.1. The van der Waals surface area contributed by atoms with E-state index in [1.165, 1.54) is 5.57 Å². The normalized spacial score (nSPS) is 31.2. The molecule has 6 unspecified atom stereocenters. The largest absolute Gasteiger partial charge is 0.506 e. The molecule has 2 aromatic rings. The number of carbonyl (C=O) groups is 3. The van der Waals surface area contributed by atoms with Crippen molar-refractivity contribution < 1.29 is 43.2 Å². The van der Waals surface area contributed by atoms with Gasteiger partial charge >= 0.3 is 0 Å². The zero-order valence-corrected chi connectivity index (χ0v) is 34.0. The van der Waals surface area contributed by atoms with Crippen molar-refractivity contribution in [1.82, 2.24) is 5.32 Å². The van der Waals surface area contributed by atoms with Gasteiger partial charge in [-0.1, -0.05) is 41.5 Å². The Morgan fingerprint density at radius 3 is 2.46 bits per heavy atom. The van der Waals surface area contributed by atoms with Gasteiger partial charge in [-0.3, -0.25) is 14.4 Å². The topological polar surface area (TPSA) is 130 Å². The van der Waals surface area contributed by atoms with Gasteiger partial charge in [0.15, 0.2) is 28.7 Å². The highest BCUT2D eigenvalue weighted by Gasteiger charge is 3.02. The number of amides is 1. The highest BCUT2D eigenvalue weighted by atomic mass is 16.7. The van der Waals surface area contributed by atoms with Crippen LogP contribution in [-0.4, -0.2) is 51.8 Å². The number of phenolic OH excluding ortho intramolecular Hbond substituents is 1. The number of nitrogens with one attached hydrogen (secondary N) is 1. The zero-order chi connectivity index (χ0) is 40.4. The molecule has 1 saturated heterocycles. The highest BCUT2D eigenvalue weighted by Crippen LogP contribution is 2.89. The lowest BCUT2D eigenvalue weighted by Crippen LogP contribution is -2.76. The lowest BCUT2D eigenvalue weighted by molar-refractivity contribution is -0.329. The van der Waals surface area contributed by atoms with Gasteiger partial charge in [-0.25, -0.2) is 0 Å². The Hall–Kier alpha value is -5.09. The molecule has 2 bridgehead atoms. The Bertz CT molecular complexity index is 2340. The number of aromatic hydroxyl groups is 1. The molecule has 4 heterocycles. The van der Waals surface area contributed by atoms with Crippen molar-refractivity contribution in [3.63, 3.8) is 0 Å². The Kier molecular flexibility index (Phi) is 8.19. The summed E-state index contributed by atoms with van der Waals surface area (Å²) >= 11 is 0. The number of carbonyl (C=O) groups excluding carboxylic acids is 3. The third-order valence-electron chi connectivity index (χ3n) is 13.6. The average molecular weight is 774 g/mol. The minimum absolute atomic E-state index is 0.103. The number of phenols is 1. The molecule has 10 nitrogen and oxygen atoms in total. The Morgan fingerprint density at radius 1 is 0.965 bits per heavy atom. The molecule has 6 atom stereocenters. The first kappa shape index (κ1) is 37.5. The number of ether oxygens (including phenoxy) is 5. The maximum atomic E-state index is 15.0. The van der Waals surface area contributed by atoms with Gasteiger partial charge in [-0.2, -0.15) is 0 Å². The summed E-state index contributed by atoms with van der Waals surface area (Å²) in [7, 11) is 0. The summed E-state index contributed by atoms with van der Waals surface area (Å²) in [6.45, 7) is 16.4. The predicted molar refractivity (Wildman–Crippen MR) is 213 cm³/mol. The second-order valence-corrected chi connectivity index (χ2v) is 18.0. The van der Waals surface area contributed by atoms with Gasteiger partial charge < -0.3 is 34.1 Å². The van der Waals surface area contributed by atoms with Crippen molar-refractivity contribution in [2.75, 3.05) is 6.79 Å². The number of hydrogen-bond donors (Lipinski definition) is 2. The van der Waals surface area contributed by atoms with Gasteiger partial charge in [0.25, 0.3) is 0 Å². The van der Waals surface area contributed by atoms with E-state index in [9.17, 15) is 14.7 Å². The van der Waals surface area contributed by atoms with Crippen LogP contribution in [0.25, 0.3) is 6.08 Å². The van der Waals surface area contributed by atoms with Crippen molar-refractivity contribution >= 4 is 23.5 Å². The Balaban J connectivity index is 1.08. The summed E-state index contributed by atoms with van der Waals surface area (Å²) in [4.78, 5) is 43.2. The molecule has 0 radical (unpaired) electrons. The fourth-order valence-electron chi connectivity index (χ4n) is 11.1. The molecular weight excluding hydrogens is 723 g/mol. The molecule has 57 heavy (non-hydrogen) atoms. The van der Waals surface area contributed by atoms with Gasteiger partial charge in [-0.15, -0.1) is 0 Å². The van der Waals surface area contributed by atoms with Gasteiger partial charge in [0.1, 0.15) is 34.0 Å². The van der Waals surface area contributed by atoms with Crippen molar-refractivity contribution in [2.45, 2.75) is 116 Å². The van der Waals surface area contributed by atoms with E-state index in [2.05, 4.69) is 31.3 Å². The fourth-order valence-corrected chi connectivity index (χ4v) is 11.1. The van der Waals surface area contributed by atoms with Crippen LogP contribution in [0, 0.1) is 17.3 Å². The van der Waals surface area contributed by atoms with Crippen LogP contribution in [0.3, 0.4) is 0 Å². The third-order valence-corrected chi connectivity index (χ3v) is 13.6. The third kappa shape index (κ3) is 5.01. The molecule has 2 saturated carbocycles. The zero-order valence-electron chi connectivity index (χ0n) is 34.0. The van der Waals surface area contributed by atoms with Gasteiger partial charge in [-0.05, 0) is 111 Å². The van der Waals surface area contributed by atoms with E-state index in [0.717, 1.165) is 24.0 Å². The molecule has 7 aliphatic rings. The highest BCUT2D eigenvalue weighted by molar-refractivity contribution is 6.19. The van der Waals surface area contributed by atoms with Crippen LogP contribution in [0.4, 0.5) is 0 Å². The Morgan fingerprint density at radius 2 is 1.72 bits per heavy atom. The van der Waals surface area contributed by atoms with E-state index >= 15 is 4.79 Å². The van der Waals surface area contributed by atoms with E-state index in [1.54, 1.807) is 19.1 Å². The number of allylic oxidation sites excluding steroid dienone is 5. The molecule has 1 amide bonds. The fraction of sp³-hybridized carbons (Fsp3) is 0.468. The summed E-state index contributed by atoms with van der Waals surface area (Å²) in [6.07, 6.45) is 14.3. The summed E-state index contributed by atoms with van der Waals surface area (Å²) in [5, 5.41) is 14.9. The van der Waals surface area contributed by atoms with Crippen LogP contribution in [0.2, 0.25) is 0 Å². The molecule has 10 heteroatoms. The number of rotatable bonds is 10. The molecule has 2 aromatic carbocycles. The number of Topliss-reactive ketones (excluding diaryl/α,β-unsaturated/α-hetero) is 2. The maximum Gasteiger partial charge on any atom is 0.246 e. The van der Waals surface area contributed by atoms with Crippen molar-refractivity contribution in [1.29, 1.82) is 0 Å². The van der Waals surface area contributed by atoms with Gasteiger partial charge in [0.2, 0.25) is 12.7 Å². The van der Waals surface area contributed by atoms with Crippen LogP contribution < -0.4 is 24.3 Å². The second kappa shape index (κ2) is 12.5. The van der Waals surface area contributed by atoms with E-state index in [1.807, 2.05) is 65.0 Å². The predicted octanol–water partition coefficient (Wildman–Crippen LogP) is 8.20. The number of ketones is 2. The monoisotopic (exact) mass is 773 g/mol. The average Bonchev–Trinajstić information content (AvgIpc) is 3.56.